The molecule has 0 aromatic carbocycles. The molecule has 0 aliphatic heterocycles. The zero-order valence-electron chi connectivity index (χ0n) is 4.08. The fraction of sp³-hybridized carbons (Fsp3) is 1.00. The molecule has 1 atom stereocenters. The molecule has 56 valence electrons. The average molecular weight is 167 g/mol. The zero-order valence-corrected chi connectivity index (χ0v) is 4.84. The van der Waals surface area contributed by atoms with Crippen molar-refractivity contribution in [1.29, 1.82) is 0 Å². The number of hydrogen-bond donors (Lipinski definition) is 0. The summed E-state index contributed by atoms with van der Waals surface area (Å²) >= 11 is 4.39. The van der Waals surface area contributed by atoms with Gasteiger partial charge in [0.15, 0.2) is 0 Å². The third kappa shape index (κ3) is 7.97. The van der Waals surface area contributed by atoms with Crippen LogP contribution in [0.3, 0.4) is 0 Å². The first-order chi connectivity index (χ1) is 3.92. The molecule has 0 aromatic rings. The van der Waals surface area contributed by atoms with Crippen LogP contribution in [0.1, 0.15) is 0 Å². The van der Waals surface area contributed by atoms with Crippen LogP contribution < -0.4 is 0 Å². The second-order valence-corrected chi connectivity index (χ2v) is 1.53. The number of ether oxygens (including phenoxy) is 1. The van der Waals surface area contributed by atoms with Gasteiger partial charge in [0.2, 0.25) is 0 Å². The topological polar surface area (TPSA) is 9.23 Å². The minimum absolute atomic E-state index is 1.66. The molecule has 0 spiro atoms. The summed E-state index contributed by atoms with van der Waals surface area (Å²) in [5, 5.41) is 0. The lowest BCUT2D eigenvalue weighted by Gasteiger charge is -2.05. The molecular formula is C3H3ClF4O. The molecule has 0 rings (SSSR count). The number of hydrogen-bond acceptors (Lipinski definition) is 1. The van der Waals surface area contributed by atoms with E-state index in [9.17, 15) is 17.6 Å². The lowest BCUT2D eigenvalue weighted by molar-refractivity contribution is -0.188. The van der Waals surface area contributed by atoms with Crippen molar-refractivity contribution in [1.82, 2.24) is 0 Å². The summed E-state index contributed by atoms with van der Waals surface area (Å²) in [6.45, 7) is -1.66. The van der Waals surface area contributed by atoms with Gasteiger partial charge in [-0.05, 0) is 0 Å². The summed E-state index contributed by atoms with van der Waals surface area (Å²) in [6.07, 6.45) is -4.51. The van der Waals surface area contributed by atoms with Crippen molar-refractivity contribution in [3.05, 3.63) is 0 Å². The van der Waals surface area contributed by atoms with Crippen LogP contribution in [0, 0.1) is 0 Å². The van der Waals surface area contributed by atoms with Crippen LogP contribution in [0.4, 0.5) is 17.6 Å². The Labute approximate surface area is 53.5 Å². The fourth-order valence-corrected chi connectivity index (χ4v) is 0.220. The minimum Gasteiger partial charge on any atom is -0.327 e. The van der Waals surface area contributed by atoms with Gasteiger partial charge in [0.05, 0.1) is 0 Å². The highest BCUT2D eigenvalue weighted by molar-refractivity contribution is 6.18. The smallest absolute Gasteiger partial charge is 0.327 e. The highest BCUT2D eigenvalue weighted by Crippen LogP contribution is 2.16. The summed E-state index contributed by atoms with van der Waals surface area (Å²) < 4.78 is 47.9. The molecule has 0 aromatic heterocycles. The van der Waals surface area contributed by atoms with E-state index in [0.717, 1.165) is 0 Å². The molecule has 6 heteroatoms. The molecule has 0 bridgehead atoms. The third-order valence-corrected chi connectivity index (χ3v) is 0.499. The summed E-state index contributed by atoms with van der Waals surface area (Å²) in [5.41, 5.74) is 0. The Bertz CT molecular complexity index is 80.4. The SMILES string of the molecule is FC(Cl)OCC(F)(F)F. The van der Waals surface area contributed by atoms with Crippen LogP contribution in [0.15, 0.2) is 0 Å². The van der Waals surface area contributed by atoms with Crippen molar-refractivity contribution in [2.24, 2.45) is 0 Å². The van der Waals surface area contributed by atoms with Crippen LogP contribution in [0.2, 0.25) is 0 Å². The summed E-state index contributed by atoms with van der Waals surface area (Å²) in [6, 6.07) is 0. The Morgan fingerprint density at radius 3 is 2.00 bits per heavy atom. The first kappa shape index (κ1) is 8.97. The van der Waals surface area contributed by atoms with Gasteiger partial charge in [-0.3, -0.25) is 0 Å². The largest absolute Gasteiger partial charge is 0.411 e. The lowest BCUT2D eigenvalue weighted by Crippen LogP contribution is -2.18. The molecule has 0 radical (unpaired) electrons. The molecular weight excluding hydrogens is 163 g/mol. The predicted molar refractivity (Wildman–Crippen MR) is 22.8 cm³/mol. The maximum atomic E-state index is 11.3. The van der Waals surface area contributed by atoms with E-state index in [4.69, 9.17) is 0 Å². The Morgan fingerprint density at radius 2 is 1.89 bits per heavy atom. The molecule has 0 saturated carbocycles. The normalized spacial score (nSPS) is 15.7. The molecule has 1 nitrogen and oxygen atoms in total. The van der Waals surface area contributed by atoms with Crippen LogP contribution in [-0.2, 0) is 4.74 Å². The predicted octanol–water partition coefficient (Wildman–Crippen LogP) is 2.06. The van der Waals surface area contributed by atoms with Crippen molar-refractivity contribution >= 4 is 11.6 Å². The Morgan fingerprint density at radius 1 is 1.44 bits per heavy atom. The Hall–Kier alpha value is -0.0300. The Balaban J connectivity index is 3.28. The van der Waals surface area contributed by atoms with Crippen molar-refractivity contribution < 1.29 is 22.3 Å². The molecule has 9 heavy (non-hydrogen) atoms. The van der Waals surface area contributed by atoms with E-state index in [1.54, 1.807) is 0 Å². The molecule has 0 aliphatic carbocycles. The average Bonchev–Trinajstić information content (AvgIpc) is 1.59. The van der Waals surface area contributed by atoms with Crippen LogP contribution in [-0.4, -0.2) is 18.6 Å². The number of alkyl halides is 5. The summed E-state index contributed by atoms with van der Waals surface area (Å²) in [5.74, 6) is -2.38. The van der Waals surface area contributed by atoms with Crippen molar-refractivity contribution in [2.75, 3.05) is 6.61 Å². The van der Waals surface area contributed by atoms with E-state index in [-0.39, 0.29) is 0 Å². The summed E-state index contributed by atoms with van der Waals surface area (Å²) in [4.78, 5) is 0. The van der Waals surface area contributed by atoms with Gasteiger partial charge in [0.1, 0.15) is 6.61 Å². The van der Waals surface area contributed by atoms with Crippen molar-refractivity contribution in [3.63, 3.8) is 0 Å². The Kier molecular flexibility index (Phi) is 3.21. The second-order valence-electron chi connectivity index (χ2n) is 1.19. The molecule has 1 unspecified atom stereocenters. The van der Waals surface area contributed by atoms with Gasteiger partial charge in [0, 0.05) is 0 Å². The van der Waals surface area contributed by atoms with Crippen LogP contribution >= 0.6 is 11.6 Å². The van der Waals surface area contributed by atoms with Crippen LogP contribution in [0.5, 0.6) is 0 Å². The van der Waals surface area contributed by atoms with Crippen molar-refractivity contribution in [2.45, 2.75) is 12.0 Å². The molecule has 0 heterocycles. The van der Waals surface area contributed by atoms with E-state index in [0.29, 0.717) is 0 Å². The van der Waals surface area contributed by atoms with E-state index >= 15 is 0 Å². The lowest BCUT2D eigenvalue weighted by atomic mass is 10.7. The number of halogens is 5. The standard InChI is InChI=1S/C3H3ClF4O/c4-2(5)9-1-3(6,7)8/h2H,1H2. The molecule has 0 aliphatic rings. The van der Waals surface area contributed by atoms with Gasteiger partial charge in [-0.25, -0.2) is 0 Å². The van der Waals surface area contributed by atoms with E-state index in [2.05, 4.69) is 16.3 Å². The molecule has 0 fully saturated rings. The van der Waals surface area contributed by atoms with Crippen LogP contribution in [0.25, 0.3) is 0 Å². The first-order valence-corrected chi connectivity index (χ1v) is 2.32. The van der Waals surface area contributed by atoms with E-state index < -0.39 is 18.6 Å². The number of rotatable bonds is 2. The fourth-order valence-electron chi connectivity index (χ4n) is 0.157. The maximum absolute atomic E-state index is 11.3. The monoisotopic (exact) mass is 166 g/mol. The zero-order chi connectivity index (χ0) is 7.49. The van der Waals surface area contributed by atoms with E-state index in [1.165, 1.54) is 0 Å². The van der Waals surface area contributed by atoms with Gasteiger partial charge in [-0.1, -0.05) is 11.6 Å². The molecule has 0 N–H and O–H groups in total. The highest BCUT2D eigenvalue weighted by atomic mass is 35.5. The van der Waals surface area contributed by atoms with Gasteiger partial charge in [-0.15, -0.1) is 0 Å². The highest BCUT2D eigenvalue weighted by Gasteiger charge is 2.28. The third-order valence-electron chi connectivity index (χ3n) is 0.373. The first-order valence-electron chi connectivity index (χ1n) is 1.88. The maximum Gasteiger partial charge on any atom is 0.411 e. The van der Waals surface area contributed by atoms with E-state index in [1.807, 2.05) is 0 Å². The molecule has 0 amide bonds. The van der Waals surface area contributed by atoms with Gasteiger partial charge < -0.3 is 4.74 Å². The van der Waals surface area contributed by atoms with Gasteiger partial charge in [0.25, 0.3) is 5.82 Å². The minimum atomic E-state index is -4.51. The van der Waals surface area contributed by atoms with Crippen molar-refractivity contribution in [3.8, 4) is 0 Å². The second kappa shape index (κ2) is 3.22. The van der Waals surface area contributed by atoms with Gasteiger partial charge >= 0.3 is 6.18 Å². The quantitative estimate of drug-likeness (QED) is 0.451. The van der Waals surface area contributed by atoms with Gasteiger partial charge in [-0.2, -0.15) is 17.6 Å². The summed E-state index contributed by atoms with van der Waals surface area (Å²) in [7, 11) is 0. The molecule has 0 saturated heterocycles.